The zero-order chi connectivity index (χ0) is 16.7. The van der Waals surface area contributed by atoms with Crippen LogP contribution in [0.25, 0.3) is 6.08 Å². The third-order valence-electron chi connectivity index (χ3n) is 2.99. The molecule has 118 valence electrons. The number of halogens is 1. The Morgan fingerprint density at radius 2 is 1.74 bits per heavy atom. The summed E-state index contributed by atoms with van der Waals surface area (Å²) in [7, 11) is 0. The molecule has 0 aliphatic heterocycles. The molecule has 2 aromatic rings. The first-order chi connectivity index (χ1) is 11.0. The van der Waals surface area contributed by atoms with Gasteiger partial charge in [0.2, 0.25) is 0 Å². The normalized spacial score (nSPS) is 11.9. The molecule has 0 aliphatic carbocycles. The van der Waals surface area contributed by atoms with Crippen LogP contribution in [0.3, 0.4) is 0 Å². The van der Waals surface area contributed by atoms with Gasteiger partial charge in [-0.1, -0.05) is 41.9 Å². The fraction of sp³-hybridized carbons (Fsp3) is 0.111. The van der Waals surface area contributed by atoms with E-state index in [0.29, 0.717) is 10.7 Å². The van der Waals surface area contributed by atoms with Gasteiger partial charge in [-0.15, -0.1) is 0 Å². The van der Waals surface area contributed by atoms with Crippen LogP contribution < -0.4 is 5.32 Å². The lowest BCUT2D eigenvalue weighted by molar-refractivity contribution is -0.148. The van der Waals surface area contributed by atoms with Gasteiger partial charge in [-0.2, -0.15) is 0 Å². The molecular formula is C18H16ClNO3. The van der Waals surface area contributed by atoms with Crippen molar-refractivity contribution in [2.75, 3.05) is 5.32 Å². The molecule has 0 heterocycles. The minimum absolute atomic E-state index is 0.409. The molecule has 0 aromatic heterocycles. The van der Waals surface area contributed by atoms with E-state index in [9.17, 15) is 9.59 Å². The second-order valence-electron chi connectivity index (χ2n) is 4.82. The molecule has 1 atom stereocenters. The fourth-order valence-corrected chi connectivity index (χ4v) is 1.90. The highest BCUT2D eigenvalue weighted by molar-refractivity contribution is 6.30. The Morgan fingerprint density at radius 3 is 2.39 bits per heavy atom. The standard InChI is InChI=1S/C18H16ClNO3/c1-13(18(22)20-16-10-8-15(19)9-11-16)23-17(21)12-7-14-5-3-2-4-6-14/h2-13H,1H3,(H,20,22). The fourth-order valence-electron chi connectivity index (χ4n) is 1.77. The lowest BCUT2D eigenvalue weighted by Gasteiger charge is -2.12. The predicted molar refractivity (Wildman–Crippen MR) is 91.1 cm³/mol. The van der Waals surface area contributed by atoms with Crippen LogP contribution in [0.5, 0.6) is 0 Å². The number of carbonyl (C=O) groups is 2. The van der Waals surface area contributed by atoms with Crippen LogP contribution in [0.15, 0.2) is 60.7 Å². The highest BCUT2D eigenvalue weighted by Crippen LogP contribution is 2.14. The Hall–Kier alpha value is -2.59. The lowest BCUT2D eigenvalue weighted by Crippen LogP contribution is -2.29. The first kappa shape index (κ1) is 16.8. The minimum atomic E-state index is -0.904. The van der Waals surface area contributed by atoms with Gasteiger partial charge in [0.25, 0.3) is 5.91 Å². The minimum Gasteiger partial charge on any atom is -0.449 e. The number of esters is 1. The molecule has 2 aromatic carbocycles. The molecule has 0 radical (unpaired) electrons. The van der Waals surface area contributed by atoms with E-state index in [4.69, 9.17) is 16.3 Å². The van der Waals surface area contributed by atoms with E-state index in [-0.39, 0.29) is 0 Å². The number of nitrogens with one attached hydrogen (secondary N) is 1. The summed E-state index contributed by atoms with van der Waals surface area (Å²) in [5.41, 5.74) is 1.46. The number of rotatable bonds is 5. The van der Waals surface area contributed by atoms with Gasteiger partial charge in [-0.05, 0) is 42.8 Å². The molecular weight excluding hydrogens is 314 g/mol. The zero-order valence-electron chi connectivity index (χ0n) is 12.5. The van der Waals surface area contributed by atoms with Crippen molar-refractivity contribution in [1.82, 2.24) is 0 Å². The molecule has 0 aliphatic rings. The van der Waals surface area contributed by atoms with Crippen molar-refractivity contribution in [3.8, 4) is 0 Å². The van der Waals surface area contributed by atoms with E-state index in [2.05, 4.69) is 5.32 Å². The Bertz CT molecular complexity index is 696. The van der Waals surface area contributed by atoms with Crippen LogP contribution in [0.1, 0.15) is 12.5 Å². The predicted octanol–water partition coefficient (Wildman–Crippen LogP) is 3.92. The number of hydrogen-bond acceptors (Lipinski definition) is 3. The van der Waals surface area contributed by atoms with Gasteiger partial charge in [-0.25, -0.2) is 4.79 Å². The van der Waals surface area contributed by atoms with E-state index >= 15 is 0 Å². The molecule has 0 fully saturated rings. The quantitative estimate of drug-likeness (QED) is 0.668. The monoisotopic (exact) mass is 329 g/mol. The third-order valence-corrected chi connectivity index (χ3v) is 3.24. The van der Waals surface area contributed by atoms with E-state index in [0.717, 1.165) is 5.56 Å². The lowest BCUT2D eigenvalue weighted by atomic mass is 10.2. The summed E-state index contributed by atoms with van der Waals surface area (Å²) in [6, 6.07) is 16.0. The van der Waals surface area contributed by atoms with Crippen LogP contribution in [-0.2, 0) is 14.3 Å². The summed E-state index contributed by atoms with van der Waals surface area (Å²) < 4.78 is 5.07. The number of carbonyl (C=O) groups excluding carboxylic acids is 2. The number of hydrogen-bond donors (Lipinski definition) is 1. The topological polar surface area (TPSA) is 55.4 Å². The summed E-state index contributed by atoms with van der Waals surface area (Å²) in [5, 5.41) is 3.23. The van der Waals surface area contributed by atoms with Gasteiger partial charge >= 0.3 is 5.97 Å². The second-order valence-corrected chi connectivity index (χ2v) is 5.26. The van der Waals surface area contributed by atoms with Gasteiger partial charge in [0.05, 0.1) is 0 Å². The van der Waals surface area contributed by atoms with E-state index < -0.39 is 18.0 Å². The van der Waals surface area contributed by atoms with Crippen molar-refractivity contribution in [3.63, 3.8) is 0 Å². The molecule has 4 nitrogen and oxygen atoms in total. The second kappa shape index (κ2) is 8.15. The zero-order valence-corrected chi connectivity index (χ0v) is 13.3. The Labute approximate surface area is 139 Å². The molecule has 2 rings (SSSR count). The molecule has 1 amide bonds. The largest absolute Gasteiger partial charge is 0.449 e. The molecule has 23 heavy (non-hydrogen) atoms. The van der Waals surface area contributed by atoms with Crippen LogP contribution in [-0.4, -0.2) is 18.0 Å². The van der Waals surface area contributed by atoms with Crippen LogP contribution in [0.4, 0.5) is 5.69 Å². The number of anilines is 1. The Balaban J connectivity index is 1.86. The van der Waals surface area contributed by atoms with Gasteiger partial charge in [0, 0.05) is 16.8 Å². The average Bonchev–Trinajstić information content (AvgIpc) is 2.56. The Kier molecular flexibility index (Phi) is 5.94. The molecule has 5 heteroatoms. The van der Waals surface area contributed by atoms with Crippen molar-refractivity contribution < 1.29 is 14.3 Å². The van der Waals surface area contributed by atoms with Gasteiger partial charge in [0.1, 0.15) is 0 Å². The molecule has 1 unspecified atom stereocenters. The summed E-state index contributed by atoms with van der Waals surface area (Å²) in [6.07, 6.45) is 2.02. The highest BCUT2D eigenvalue weighted by atomic mass is 35.5. The first-order valence-electron chi connectivity index (χ1n) is 7.05. The maximum atomic E-state index is 12.0. The van der Waals surface area contributed by atoms with E-state index in [1.54, 1.807) is 30.3 Å². The van der Waals surface area contributed by atoms with Crippen molar-refractivity contribution in [2.24, 2.45) is 0 Å². The average molecular weight is 330 g/mol. The summed E-state index contributed by atoms with van der Waals surface area (Å²) in [6.45, 7) is 1.51. The van der Waals surface area contributed by atoms with E-state index in [1.807, 2.05) is 30.3 Å². The number of ether oxygens (including phenoxy) is 1. The molecule has 0 saturated carbocycles. The maximum absolute atomic E-state index is 12.0. The summed E-state index contributed by atoms with van der Waals surface area (Å²) in [4.78, 5) is 23.7. The molecule has 1 N–H and O–H groups in total. The van der Waals surface area contributed by atoms with Crippen molar-refractivity contribution >= 4 is 35.2 Å². The molecule has 0 saturated heterocycles. The first-order valence-corrected chi connectivity index (χ1v) is 7.42. The summed E-state index contributed by atoms with van der Waals surface area (Å²) >= 11 is 5.78. The van der Waals surface area contributed by atoms with Crippen molar-refractivity contribution in [1.29, 1.82) is 0 Å². The van der Waals surface area contributed by atoms with Crippen molar-refractivity contribution in [2.45, 2.75) is 13.0 Å². The SMILES string of the molecule is CC(OC(=O)C=Cc1ccccc1)C(=O)Nc1ccc(Cl)cc1. The van der Waals surface area contributed by atoms with Gasteiger partial charge < -0.3 is 10.1 Å². The third kappa shape index (κ3) is 5.60. The highest BCUT2D eigenvalue weighted by Gasteiger charge is 2.16. The van der Waals surface area contributed by atoms with Crippen molar-refractivity contribution in [3.05, 3.63) is 71.3 Å². The number of amides is 1. The van der Waals surface area contributed by atoms with Gasteiger partial charge in [-0.3, -0.25) is 4.79 Å². The molecule has 0 spiro atoms. The van der Waals surface area contributed by atoms with Gasteiger partial charge in [0.15, 0.2) is 6.10 Å². The van der Waals surface area contributed by atoms with Crippen LogP contribution in [0, 0.1) is 0 Å². The Morgan fingerprint density at radius 1 is 1.09 bits per heavy atom. The smallest absolute Gasteiger partial charge is 0.331 e. The summed E-state index contributed by atoms with van der Waals surface area (Å²) in [5.74, 6) is -0.985. The van der Waals surface area contributed by atoms with Crippen LogP contribution in [0.2, 0.25) is 5.02 Å². The molecule has 0 bridgehead atoms. The van der Waals surface area contributed by atoms with E-state index in [1.165, 1.54) is 13.0 Å². The van der Waals surface area contributed by atoms with Crippen LogP contribution >= 0.6 is 11.6 Å². The number of benzene rings is 2. The maximum Gasteiger partial charge on any atom is 0.331 e.